The lowest BCUT2D eigenvalue weighted by molar-refractivity contribution is 0.0927. The van der Waals surface area contributed by atoms with Crippen LogP contribution in [0.4, 0.5) is 10.5 Å². The van der Waals surface area contributed by atoms with E-state index in [0.29, 0.717) is 22.8 Å². The number of fused-ring (bicyclic) bond motifs is 4. The first-order valence-corrected chi connectivity index (χ1v) is 10.1. The highest BCUT2D eigenvalue weighted by Gasteiger charge is 2.43. The lowest BCUT2D eigenvalue weighted by Gasteiger charge is -2.42. The minimum absolute atomic E-state index is 0.227. The van der Waals surface area contributed by atoms with Crippen molar-refractivity contribution in [2.75, 3.05) is 11.9 Å². The van der Waals surface area contributed by atoms with Crippen LogP contribution in [0.25, 0.3) is 11.0 Å². The molecule has 1 fully saturated rings. The van der Waals surface area contributed by atoms with E-state index < -0.39 is 5.54 Å². The molecule has 1 aliphatic heterocycles. The highest BCUT2D eigenvalue weighted by Crippen LogP contribution is 2.48. The summed E-state index contributed by atoms with van der Waals surface area (Å²) in [6, 6.07) is 3.25. The quantitative estimate of drug-likeness (QED) is 0.649. The molecule has 2 aliphatic rings. The number of carbonyl (C=O) groups is 2. The molecule has 1 aliphatic carbocycles. The number of hydrogen-bond acceptors (Lipinski definition) is 3. The molecule has 2 aromatic rings. The van der Waals surface area contributed by atoms with E-state index in [-0.39, 0.29) is 17.7 Å². The van der Waals surface area contributed by atoms with Crippen molar-refractivity contribution >= 4 is 40.2 Å². The standard InChI is InChI=1S/C20H24ClN3O3/c1-2-3-9-22-18(25)14-11-12-10-13(21)16-15(17(12)27-14)20(24-19(26)23-16)7-5-4-6-8-20/h10-11H,2-9H2,1H3,(H,22,25)(H2,23,24,26). The molecule has 1 saturated carbocycles. The second-order valence-electron chi connectivity index (χ2n) is 7.47. The van der Waals surface area contributed by atoms with Gasteiger partial charge in [-0.1, -0.05) is 44.2 Å². The molecule has 0 unspecified atom stereocenters. The Hall–Kier alpha value is -2.21. The van der Waals surface area contributed by atoms with Gasteiger partial charge in [-0.05, 0) is 31.4 Å². The molecule has 1 aromatic heterocycles. The molecule has 27 heavy (non-hydrogen) atoms. The molecule has 0 bridgehead atoms. The van der Waals surface area contributed by atoms with Crippen LogP contribution < -0.4 is 16.0 Å². The van der Waals surface area contributed by atoms with E-state index in [0.717, 1.165) is 55.9 Å². The molecule has 0 atom stereocenters. The lowest BCUT2D eigenvalue weighted by atomic mass is 9.74. The second-order valence-corrected chi connectivity index (χ2v) is 7.88. The third-order valence-electron chi connectivity index (χ3n) is 5.58. The predicted octanol–water partition coefficient (Wildman–Crippen LogP) is 4.91. The summed E-state index contributed by atoms with van der Waals surface area (Å²) in [6.45, 7) is 2.69. The van der Waals surface area contributed by atoms with Gasteiger partial charge in [0.2, 0.25) is 0 Å². The summed E-state index contributed by atoms with van der Waals surface area (Å²) >= 11 is 6.50. The van der Waals surface area contributed by atoms with E-state index in [1.54, 1.807) is 12.1 Å². The van der Waals surface area contributed by atoms with Crippen LogP contribution in [-0.2, 0) is 5.54 Å². The highest BCUT2D eigenvalue weighted by atomic mass is 35.5. The number of hydrogen-bond donors (Lipinski definition) is 3. The molecule has 3 amide bonds. The van der Waals surface area contributed by atoms with Gasteiger partial charge in [-0.3, -0.25) is 4.79 Å². The number of unbranched alkanes of at least 4 members (excludes halogenated alkanes) is 1. The van der Waals surface area contributed by atoms with E-state index >= 15 is 0 Å². The zero-order valence-corrected chi connectivity index (χ0v) is 16.2. The summed E-state index contributed by atoms with van der Waals surface area (Å²) in [5.74, 6) is 0.0449. The fourth-order valence-corrected chi connectivity index (χ4v) is 4.52. The van der Waals surface area contributed by atoms with Crippen LogP contribution in [0.1, 0.15) is 68.0 Å². The van der Waals surface area contributed by atoms with Gasteiger partial charge in [0.05, 0.1) is 16.2 Å². The molecule has 0 saturated heterocycles. The van der Waals surface area contributed by atoms with Crippen molar-refractivity contribution in [3.05, 3.63) is 28.5 Å². The Bertz CT molecular complexity index is 899. The Morgan fingerprint density at radius 2 is 2.07 bits per heavy atom. The number of anilines is 1. The largest absolute Gasteiger partial charge is 0.450 e. The Morgan fingerprint density at radius 1 is 1.30 bits per heavy atom. The Morgan fingerprint density at radius 3 is 2.81 bits per heavy atom. The number of rotatable bonds is 4. The van der Waals surface area contributed by atoms with Gasteiger partial charge in [0.25, 0.3) is 5.91 Å². The van der Waals surface area contributed by atoms with Gasteiger partial charge in [-0.15, -0.1) is 0 Å². The summed E-state index contributed by atoms with van der Waals surface area (Å²) in [5, 5.41) is 10.1. The van der Waals surface area contributed by atoms with Gasteiger partial charge >= 0.3 is 6.03 Å². The van der Waals surface area contributed by atoms with E-state index in [4.69, 9.17) is 16.0 Å². The van der Waals surface area contributed by atoms with E-state index in [1.165, 1.54) is 0 Å². The van der Waals surface area contributed by atoms with Crippen molar-refractivity contribution in [2.24, 2.45) is 0 Å². The third-order valence-corrected chi connectivity index (χ3v) is 5.87. The fourth-order valence-electron chi connectivity index (χ4n) is 4.26. The number of furan rings is 1. The Labute approximate surface area is 163 Å². The molecule has 1 spiro atoms. The molecule has 4 rings (SSSR count). The van der Waals surface area contributed by atoms with Crippen molar-refractivity contribution in [1.29, 1.82) is 0 Å². The molecule has 2 heterocycles. The summed E-state index contributed by atoms with van der Waals surface area (Å²) in [7, 11) is 0. The first-order valence-electron chi connectivity index (χ1n) is 9.68. The van der Waals surface area contributed by atoms with Crippen LogP contribution in [-0.4, -0.2) is 18.5 Å². The highest BCUT2D eigenvalue weighted by molar-refractivity contribution is 6.35. The summed E-state index contributed by atoms with van der Waals surface area (Å²) < 4.78 is 6.01. The van der Waals surface area contributed by atoms with Gasteiger partial charge < -0.3 is 20.4 Å². The van der Waals surface area contributed by atoms with Gasteiger partial charge in [0, 0.05) is 17.5 Å². The van der Waals surface area contributed by atoms with Crippen LogP contribution in [0, 0.1) is 0 Å². The van der Waals surface area contributed by atoms with E-state index in [1.807, 2.05) is 0 Å². The number of nitrogens with one attached hydrogen (secondary N) is 3. The SMILES string of the molecule is CCCCNC(=O)c1cc2cc(Cl)c3c(c2o1)C1(CCCCC1)NC(=O)N3. The van der Waals surface area contributed by atoms with Gasteiger partial charge in [0.15, 0.2) is 5.76 Å². The van der Waals surface area contributed by atoms with Gasteiger partial charge in [0.1, 0.15) is 5.58 Å². The molecule has 3 N–H and O–H groups in total. The smallest absolute Gasteiger partial charge is 0.319 e. The van der Waals surface area contributed by atoms with Crippen LogP contribution in [0.2, 0.25) is 5.02 Å². The van der Waals surface area contributed by atoms with Crippen LogP contribution in [0.5, 0.6) is 0 Å². The maximum atomic E-state index is 12.4. The second kappa shape index (κ2) is 7.08. The van der Waals surface area contributed by atoms with Crippen molar-refractivity contribution in [3.63, 3.8) is 0 Å². The van der Waals surface area contributed by atoms with Gasteiger partial charge in [-0.25, -0.2) is 4.79 Å². The summed E-state index contributed by atoms with van der Waals surface area (Å²) in [4.78, 5) is 24.7. The van der Waals surface area contributed by atoms with Crippen molar-refractivity contribution in [2.45, 2.75) is 57.4 Å². The molecule has 6 nitrogen and oxygen atoms in total. The number of halogens is 1. The topological polar surface area (TPSA) is 83.4 Å². The first kappa shape index (κ1) is 18.2. The fraction of sp³-hybridized carbons (Fsp3) is 0.500. The zero-order valence-electron chi connectivity index (χ0n) is 15.4. The monoisotopic (exact) mass is 389 g/mol. The number of carbonyl (C=O) groups excluding carboxylic acids is 2. The third kappa shape index (κ3) is 3.16. The van der Waals surface area contributed by atoms with Crippen LogP contribution in [0.3, 0.4) is 0 Å². The number of amides is 3. The average molecular weight is 390 g/mol. The molecular weight excluding hydrogens is 366 g/mol. The maximum absolute atomic E-state index is 12.4. The Kier molecular flexibility index (Phi) is 4.76. The van der Waals surface area contributed by atoms with Crippen LogP contribution in [0.15, 0.2) is 16.5 Å². The zero-order chi connectivity index (χ0) is 19.0. The van der Waals surface area contributed by atoms with Crippen LogP contribution >= 0.6 is 11.6 Å². The molecule has 1 aromatic carbocycles. The average Bonchev–Trinajstić information content (AvgIpc) is 3.06. The van der Waals surface area contributed by atoms with Crippen molar-refractivity contribution in [1.82, 2.24) is 10.6 Å². The normalized spacial score (nSPS) is 18.1. The maximum Gasteiger partial charge on any atom is 0.319 e. The number of urea groups is 1. The van der Waals surface area contributed by atoms with Crippen molar-refractivity contribution < 1.29 is 14.0 Å². The summed E-state index contributed by atoms with van der Waals surface area (Å²) in [5.41, 5.74) is 1.61. The molecular formula is C20H24ClN3O3. The minimum atomic E-state index is -0.493. The first-order chi connectivity index (χ1) is 13.0. The molecule has 144 valence electrons. The lowest BCUT2D eigenvalue weighted by Crippen LogP contribution is -2.52. The van der Waals surface area contributed by atoms with Gasteiger partial charge in [-0.2, -0.15) is 0 Å². The summed E-state index contributed by atoms with van der Waals surface area (Å²) in [6.07, 6.45) is 6.80. The molecule has 0 radical (unpaired) electrons. The molecule has 7 heteroatoms. The predicted molar refractivity (Wildman–Crippen MR) is 105 cm³/mol. The van der Waals surface area contributed by atoms with E-state index in [9.17, 15) is 9.59 Å². The minimum Gasteiger partial charge on any atom is -0.450 e. The van der Waals surface area contributed by atoms with Crippen molar-refractivity contribution in [3.8, 4) is 0 Å². The van der Waals surface area contributed by atoms with E-state index in [2.05, 4.69) is 22.9 Å². The Balaban J connectivity index is 1.82. The number of benzene rings is 1.